The zero-order valence-electron chi connectivity index (χ0n) is 7.26. The SMILES string of the molecule is CCC(C)(N)OC(=O)[C@H](C)N. The Hall–Kier alpha value is -0.610. The van der Waals surface area contributed by atoms with Crippen LogP contribution in [0.15, 0.2) is 0 Å². The van der Waals surface area contributed by atoms with E-state index in [4.69, 9.17) is 16.2 Å². The summed E-state index contributed by atoms with van der Waals surface area (Å²) in [5.41, 5.74) is 9.94. The Kier molecular flexibility index (Phi) is 3.48. The quantitative estimate of drug-likeness (QED) is 0.448. The maximum absolute atomic E-state index is 10.9. The van der Waals surface area contributed by atoms with Gasteiger partial charge in [0, 0.05) is 0 Å². The van der Waals surface area contributed by atoms with Crippen molar-refractivity contribution in [1.29, 1.82) is 0 Å². The van der Waals surface area contributed by atoms with E-state index in [1.165, 1.54) is 0 Å². The number of carbonyl (C=O) groups is 1. The lowest BCUT2D eigenvalue weighted by molar-refractivity contribution is -0.159. The number of rotatable bonds is 3. The highest BCUT2D eigenvalue weighted by atomic mass is 16.6. The molecule has 11 heavy (non-hydrogen) atoms. The number of esters is 1. The maximum Gasteiger partial charge on any atom is 0.324 e. The molecule has 2 atom stereocenters. The van der Waals surface area contributed by atoms with Crippen molar-refractivity contribution in [3.63, 3.8) is 0 Å². The van der Waals surface area contributed by atoms with Crippen molar-refractivity contribution in [2.45, 2.75) is 39.0 Å². The van der Waals surface area contributed by atoms with Crippen LogP contribution < -0.4 is 11.5 Å². The topological polar surface area (TPSA) is 78.3 Å². The van der Waals surface area contributed by atoms with Gasteiger partial charge < -0.3 is 10.5 Å². The van der Waals surface area contributed by atoms with Crippen LogP contribution in [0.5, 0.6) is 0 Å². The molecule has 0 fully saturated rings. The first-order chi connectivity index (χ1) is 4.89. The molecule has 0 aliphatic carbocycles. The van der Waals surface area contributed by atoms with Gasteiger partial charge in [0.1, 0.15) is 6.04 Å². The van der Waals surface area contributed by atoms with Crippen LogP contribution in [0.1, 0.15) is 27.2 Å². The number of hydrogen-bond donors (Lipinski definition) is 2. The third-order valence-electron chi connectivity index (χ3n) is 1.41. The van der Waals surface area contributed by atoms with Crippen molar-refractivity contribution in [3.8, 4) is 0 Å². The predicted octanol–water partition coefficient (Wildman–Crippen LogP) is -0.0383. The van der Waals surface area contributed by atoms with Crippen LogP contribution in [-0.2, 0) is 9.53 Å². The summed E-state index contributed by atoms with van der Waals surface area (Å²) in [6.45, 7) is 5.05. The van der Waals surface area contributed by atoms with Crippen LogP contribution in [0, 0.1) is 0 Å². The smallest absolute Gasteiger partial charge is 0.324 e. The van der Waals surface area contributed by atoms with Gasteiger partial charge in [0.15, 0.2) is 5.72 Å². The van der Waals surface area contributed by atoms with E-state index in [0.29, 0.717) is 6.42 Å². The highest BCUT2D eigenvalue weighted by Crippen LogP contribution is 2.07. The first-order valence-corrected chi connectivity index (χ1v) is 3.66. The first kappa shape index (κ1) is 10.4. The molecule has 4 heteroatoms. The third-order valence-corrected chi connectivity index (χ3v) is 1.41. The Morgan fingerprint density at radius 1 is 1.73 bits per heavy atom. The summed E-state index contributed by atoms with van der Waals surface area (Å²) in [6.07, 6.45) is 0.575. The van der Waals surface area contributed by atoms with Crippen LogP contribution in [-0.4, -0.2) is 17.7 Å². The minimum Gasteiger partial charge on any atom is -0.443 e. The second-order valence-electron chi connectivity index (χ2n) is 2.88. The molecule has 0 saturated heterocycles. The summed E-state index contributed by atoms with van der Waals surface area (Å²) in [6, 6.07) is -0.607. The van der Waals surface area contributed by atoms with Gasteiger partial charge in [-0.2, -0.15) is 0 Å². The second kappa shape index (κ2) is 3.69. The Bertz CT molecular complexity index is 143. The largest absolute Gasteiger partial charge is 0.443 e. The maximum atomic E-state index is 10.9. The minimum absolute atomic E-state index is 0.461. The van der Waals surface area contributed by atoms with Crippen molar-refractivity contribution in [3.05, 3.63) is 0 Å². The summed E-state index contributed by atoms with van der Waals surface area (Å²) < 4.78 is 4.86. The van der Waals surface area contributed by atoms with Gasteiger partial charge in [-0.05, 0) is 20.3 Å². The van der Waals surface area contributed by atoms with Crippen LogP contribution in [0.2, 0.25) is 0 Å². The highest BCUT2D eigenvalue weighted by molar-refractivity contribution is 5.75. The Balaban J connectivity index is 3.94. The summed E-state index contributed by atoms with van der Waals surface area (Å²) in [4.78, 5) is 10.9. The van der Waals surface area contributed by atoms with E-state index < -0.39 is 17.7 Å². The Labute approximate surface area is 66.9 Å². The third kappa shape index (κ3) is 3.95. The monoisotopic (exact) mass is 160 g/mol. The van der Waals surface area contributed by atoms with Crippen LogP contribution in [0.4, 0.5) is 0 Å². The van der Waals surface area contributed by atoms with E-state index in [1.54, 1.807) is 13.8 Å². The average Bonchev–Trinajstić information content (AvgIpc) is 1.87. The molecule has 1 unspecified atom stereocenters. The molecule has 0 spiro atoms. The van der Waals surface area contributed by atoms with Gasteiger partial charge in [-0.3, -0.25) is 10.5 Å². The fourth-order valence-electron chi connectivity index (χ4n) is 0.395. The molecule has 0 heterocycles. The van der Waals surface area contributed by atoms with Crippen LogP contribution in [0.3, 0.4) is 0 Å². The molecule has 0 aromatic heterocycles. The van der Waals surface area contributed by atoms with E-state index >= 15 is 0 Å². The molecule has 0 aromatic rings. The highest BCUT2D eigenvalue weighted by Gasteiger charge is 2.22. The van der Waals surface area contributed by atoms with Gasteiger partial charge in [-0.25, -0.2) is 0 Å². The molecule has 0 aromatic carbocycles. The first-order valence-electron chi connectivity index (χ1n) is 3.66. The van der Waals surface area contributed by atoms with Gasteiger partial charge in [-0.1, -0.05) is 6.92 Å². The molecule has 0 aliphatic rings. The molecule has 0 saturated carbocycles. The molecule has 4 nitrogen and oxygen atoms in total. The van der Waals surface area contributed by atoms with Crippen molar-refractivity contribution in [1.82, 2.24) is 0 Å². The predicted molar refractivity (Wildman–Crippen MR) is 42.6 cm³/mol. The Morgan fingerprint density at radius 2 is 2.18 bits per heavy atom. The van der Waals surface area contributed by atoms with Crippen molar-refractivity contribution in [2.75, 3.05) is 0 Å². The number of nitrogens with two attached hydrogens (primary N) is 2. The molecular weight excluding hydrogens is 144 g/mol. The van der Waals surface area contributed by atoms with Gasteiger partial charge >= 0.3 is 5.97 Å². The standard InChI is InChI=1S/C7H16N2O2/c1-4-7(3,9)11-6(10)5(2)8/h5H,4,8-9H2,1-3H3/t5-,7?/m0/s1. The minimum atomic E-state index is -0.884. The summed E-state index contributed by atoms with van der Waals surface area (Å²) in [5.74, 6) is -0.461. The summed E-state index contributed by atoms with van der Waals surface area (Å²) >= 11 is 0. The van der Waals surface area contributed by atoms with Crippen molar-refractivity contribution < 1.29 is 9.53 Å². The molecular formula is C7H16N2O2. The number of ether oxygens (including phenoxy) is 1. The molecule has 66 valence electrons. The molecule has 0 aliphatic heterocycles. The molecule has 0 amide bonds. The normalized spacial score (nSPS) is 18.6. The van der Waals surface area contributed by atoms with E-state index in [2.05, 4.69) is 0 Å². The zero-order chi connectivity index (χ0) is 9.07. The molecule has 0 rings (SSSR count). The van der Waals surface area contributed by atoms with Crippen LogP contribution >= 0.6 is 0 Å². The summed E-state index contributed by atoms with van der Waals surface area (Å²) in [5, 5.41) is 0. The van der Waals surface area contributed by atoms with E-state index in [1.807, 2.05) is 6.92 Å². The van der Waals surface area contributed by atoms with E-state index in [9.17, 15) is 4.79 Å². The van der Waals surface area contributed by atoms with Gasteiger partial charge in [0.2, 0.25) is 0 Å². The fourth-order valence-corrected chi connectivity index (χ4v) is 0.395. The fraction of sp³-hybridized carbons (Fsp3) is 0.857. The van der Waals surface area contributed by atoms with Crippen molar-refractivity contribution >= 4 is 5.97 Å². The van der Waals surface area contributed by atoms with Gasteiger partial charge in [-0.15, -0.1) is 0 Å². The molecule has 4 N–H and O–H groups in total. The number of carbonyl (C=O) groups excluding carboxylic acids is 1. The lowest BCUT2D eigenvalue weighted by Gasteiger charge is -2.23. The van der Waals surface area contributed by atoms with Gasteiger partial charge in [0.25, 0.3) is 0 Å². The van der Waals surface area contributed by atoms with E-state index in [0.717, 1.165) is 0 Å². The summed E-state index contributed by atoms with van der Waals surface area (Å²) in [7, 11) is 0. The van der Waals surface area contributed by atoms with Crippen LogP contribution in [0.25, 0.3) is 0 Å². The van der Waals surface area contributed by atoms with Gasteiger partial charge in [0.05, 0.1) is 0 Å². The lowest BCUT2D eigenvalue weighted by atomic mass is 10.2. The zero-order valence-corrected chi connectivity index (χ0v) is 7.26. The molecule has 0 radical (unpaired) electrons. The molecule has 0 bridgehead atoms. The number of hydrogen-bond acceptors (Lipinski definition) is 4. The lowest BCUT2D eigenvalue weighted by Crippen LogP contribution is -2.44. The Morgan fingerprint density at radius 3 is 2.45 bits per heavy atom. The average molecular weight is 160 g/mol. The second-order valence-corrected chi connectivity index (χ2v) is 2.88. The van der Waals surface area contributed by atoms with Crippen molar-refractivity contribution in [2.24, 2.45) is 11.5 Å². The van der Waals surface area contributed by atoms with E-state index in [-0.39, 0.29) is 0 Å².